The lowest BCUT2D eigenvalue weighted by Crippen LogP contribution is -2.34. The van der Waals surface area contributed by atoms with Gasteiger partial charge in [0.25, 0.3) is 0 Å². The molecule has 0 aliphatic carbocycles. The number of carbonyl (C=O) groups is 2. The number of hydrogen-bond acceptors (Lipinski definition) is 4. The van der Waals surface area contributed by atoms with Gasteiger partial charge in [-0.15, -0.1) is 0 Å². The van der Waals surface area contributed by atoms with Gasteiger partial charge < -0.3 is 15.8 Å². The van der Waals surface area contributed by atoms with E-state index in [1.54, 1.807) is 26.0 Å². The lowest BCUT2D eigenvalue weighted by Gasteiger charge is -2.16. The molecule has 1 amide bonds. The summed E-state index contributed by atoms with van der Waals surface area (Å²) in [6, 6.07) is 4.30. The zero-order chi connectivity index (χ0) is 14.6. The summed E-state index contributed by atoms with van der Waals surface area (Å²) in [5.41, 5.74) is 6.23. The molecule has 0 bridgehead atoms. The van der Waals surface area contributed by atoms with Crippen molar-refractivity contribution in [3.63, 3.8) is 0 Å². The van der Waals surface area contributed by atoms with Gasteiger partial charge in [0.1, 0.15) is 0 Å². The molecule has 0 aliphatic rings. The fraction of sp³-hybridized carbons (Fsp3) is 0.385. The quantitative estimate of drug-likeness (QED) is 0.829. The van der Waals surface area contributed by atoms with Gasteiger partial charge in [0, 0.05) is 11.1 Å². The molecule has 1 aromatic carbocycles. The summed E-state index contributed by atoms with van der Waals surface area (Å²) in [5.74, 6) is -1.20. The average molecular weight is 285 g/mol. The van der Waals surface area contributed by atoms with Crippen LogP contribution in [0.15, 0.2) is 18.2 Å². The van der Waals surface area contributed by atoms with Gasteiger partial charge >= 0.3 is 5.97 Å². The monoisotopic (exact) mass is 284 g/mol. The van der Waals surface area contributed by atoms with Gasteiger partial charge in [-0.1, -0.05) is 18.5 Å². The molecule has 0 fully saturated rings. The Morgan fingerprint density at radius 3 is 2.53 bits per heavy atom. The predicted octanol–water partition coefficient (Wildman–Crippen LogP) is 2.05. The molecule has 1 rings (SSSR count). The van der Waals surface area contributed by atoms with Crippen molar-refractivity contribution < 1.29 is 14.3 Å². The Balaban J connectivity index is 3.01. The van der Waals surface area contributed by atoms with Crippen LogP contribution >= 0.6 is 11.6 Å². The van der Waals surface area contributed by atoms with Gasteiger partial charge in [-0.25, -0.2) is 4.79 Å². The Labute approximate surface area is 117 Å². The summed E-state index contributed by atoms with van der Waals surface area (Å²) in [6.07, 6.45) is 0. The fourth-order valence-electron chi connectivity index (χ4n) is 1.39. The second kappa shape index (κ2) is 6.54. The molecule has 0 radical (unpaired) electrons. The number of methoxy groups -OCH3 is 1. The van der Waals surface area contributed by atoms with Crippen molar-refractivity contribution in [2.45, 2.75) is 19.9 Å². The highest BCUT2D eigenvalue weighted by molar-refractivity contribution is 6.31. The molecule has 0 saturated heterocycles. The maximum atomic E-state index is 11.9. The largest absolute Gasteiger partial charge is 0.465 e. The highest BCUT2D eigenvalue weighted by atomic mass is 35.5. The Morgan fingerprint density at radius 2 is 2.00 bits per heavy atom. The van der Waals surface area contributed by atoms with Crippen LogP contribution in [0.4, 0.5) is 5.69 Å². The molecule has 5 nitrogen and oxygen atoms in total. The number of amides is 1. The zero-order valence-electron chi connectivity index (χ0n) is 11.1. The summed E-state index contributed by atoms with van der Waals surface area (Å²) in [5, 5.41) is 3.04. The van der Waals surface area contributed by atoms with E-state index < -0.39 is 5.97 Å². The van der Waals surface area contributed by atoms with Crippen molar-refractivity contribution in [2.24, 2.45) is 11.7 Å². The molecule has 104 valence electrons. The van der Waals surface area contributed by atoms with Crippen molar-refractivity contribution in [3.05, 3.63) is 28.8 Å². The molecule has 2 atom stereocenters. The van der Waals surface area contributed by atoms with Crippen LogP contribution in [0.2, 0.25) is 5.02 Å². The van der Waals surface area contributed by atoms with Crippen LogP contribution < -0.4 is 11.1 Å². The normalized spacial score (nSPS) is 13.5. The Kier molecular flexibility index (Phi) is 5.32. The number of rotatable bonds is 4. The maximum absolute atomic E-state index is 11.9. The number of nitrogens with two attached hydrogens (primary N) is 1. The van der Waals surface area contributed by atoms with Gasteiger partial charge in [-0.05, 0) is 25.1 Å². The molecular weight excluding hydrogens is 268 g/mol. The van der Waals surface area contributed by atoms with E-state index in [1.165, 1.54) is 13.2 Å². The first kappa shape index (κ1) is 15.5. The lowest BCUT2D eigenvalue weighted by atomic mass is 10.0. The Hall–Kier alpha value is -1.59. The number of halogens is 1. The molecule has 2 unspecified atom stereocenters. The van der Waals surface area contributed by atoms with Gasteiger partial charge in [0.15, 0.2) is 0 Å². The third kappa shape index (κ3) is 3.94. The summed E-state index contributed by atoms with van der Waals surface area (Å²) < 4.78 is 4.65. The minimum atomic E-state index is -0.564. The number of anilines is 1. The number of hydrogen-bond donors (Lipinski definition) is 2. The average Bonchev–Trinajstić information content (AvgIpc) is 2.38. The highest BCUT2D eigenvalue weighted by Gasteiger charge is 2.20. The Bertz CT molecular complexity index is 489. The third-order valence-electron chi connectivity index (χ3n) is 2.85. The minimum Gasteiger partial charge on any atom is -0.465 e. The molecule has 0 spiro atoms. The van der Waals surface area contributed by atoms with E-state index in [4.69, 9.17) is 17.3 Å². The maximum Gasteiger partial charge on any atom is 0.340 e. The van der Waals surface area contributed by atoms with E-state index in [0.29, 0.717) is 10.7 Å². The van der Waals surface area contributed by atoms with Crippen LogP contribution in [0.3, 0.4) is 0 Å². The first-order valence-corrected chi connectivity index (χ1v) is 6.19. The van der Waals surface area contributed by atoms with Crippen LogP contribution in [-0.2, 0) is 9.53 Å². The first-order chi connectivity index (χ1) is 8.86. The third-order valence-corrected chi connectivity index (χ3v) is 3.08. The summed E-state index contributed by atoms with van der Waals surface area (Å²) in [6.45, 7) is 3.46. The molecule has 0 saturated carbocycles. The number of esters is 1. The van der Waals surface area contributed by atoms with E-state index in [9.17, 15) is 9.59 Å². The van der Waals surface area contributed by atoms with Crippen LogP contribution in [0.5, 0.6) is 0 Å². The van der Waals surface area contributed by atoms with E-state index in [2.05, 4.69) is 10.1 Å². The topological polar surface area (TPSA) is 81.4 Å². The van der Waals surface area contributed by atoms with Crippen LogP contribution in [-0.4, -0.2) is 25.0 Å². The van der Waals surface area contributed by atoms with Gasteiger partial charge in [-0.2, -0.15) is 0 Å². The SMILES string of the molecule is COC(=O)c1cc(Cl)ccc1NC(=O)C(C)C(C)N. The van der Waals surface area contributed by atoms with Crippen molar-refractivity contribution in [3.8, 4) is 0 Å². The van der Waals surface area contributed by atoms with Crippen molar-refractivity contribution >= 4 is 29.2 Å². The van der Waals surface area contributed by atoms with Gasteiger partial charge in [0.05, 0.1) is 24.3 Å². The van der Waals surface area contributed by atoms with E-state index >= 15 is 0 Å². The molecule has 3 N–H and O–H groups in total. The second-order valence-electron chi connectivity index (χ2n) is 4.32. The second-order valence-corrected chi connectivity index (χ2v) is 4.75. The standard InChI is InChI=1S/C13H17ClN2O3/c1-7(8(2)15)12(17)16-11-5-4-9(14)6-10(11)13(18)19-3/h4-8H,15H2,1-3H3,(H,16,17). The Morgan fingerprint density at radius 1 is 1.37 bits per heavy atom. The van der Waals surface area contributed by atoms with Crippen LogP contribution in [0, 0.1) is 5.92 Å². The minimum absolute atomic E-state index is 0.209. The van der Waals surface area contributed by atoms with Crippen LogP contribution in [0.1, 0.15) is 24.2 Å². The summed E-state index contributed by atoms with van der Waals surface area (Å²) in [4.78, 5) is 23.5. The molecule has 1 aromatic rings. The number of ether oxygens (including phenoxy) is 1. The number of nitrogens with one attached hydrogen (secondary N) is 1. The summed E-state index contributed by atoms with van der Waals surface area (Å²) in [7, 11) is 1.26. The molecular formula is C13H17ClN2O3. The first-order valence-electron chi connectivity index (χ1n) is 5.81. The molecule has 0 aromatic heterocycles. The van der Waals surface area contributed by atoms with Crippen molar-refractivity contribution in [2.75, 3.05) is 12.4 Å². The summed E-state index contributed by atoms with van der Waals surface area (Å²) >= 11 is 5.83. The van der Waals surface area contributed by atoms with Gasteiger partial charge in [-0.3, -0.25) is 4.79 Å². The molecule has 19 heavy (non-hydrogen) atoms. The van der Waals surface area contributed by atoms with E-state index in [0.717, 1.165) is 0 Å². The van der Waals surface area contributed by atoms with E-state index in [-0.39, 0.29) is 23.4 Å². The van der Waals surface area contributed by atoms with Crippen molar-refractivity contribution in [1.82, 2.24) is 0 Å². The highest BCUT2D eigenvalue weighted by Crippen LogP contribution is 2.22. The zero-order valence-corrected chi connectivity index (χ0v) is 11.8. The molecule has 0 aliphatic heterocycles. The molecule has 0 heterocycles. The fourth-order valence-corrected chi connectivity index (χ4v) is 1.56. The van der Waals surface area contributed by atoms with Gasteiger partial charge in [0.2, 0.25) is 5.91 Å². The predicted molar refractivity (Wildman–Crippen MR) is 74.2 cm³/mol. The number of benzene rings is 1. The number of carbonyl (C=O) groups excluding carboxylic acids is 2. The van der Waals surface area contributed by atoms with Crippen molar-refractivity contribution in [1.29, 1.82) is 0 Å². The smallest absolute Gasteiger partial charge is 0.340 e. The van der Waals surface area contributed by atoms with E-state index in [1.807, 2.05) is 0 Å². The molecule has 6 heteroatoms. The lowest BCUT2D eigenvalue weighted by molar-refractivity contribution is -0.119. The van der Waals surface area contributed by atoms with Crippen LogP contribution in [0.25, 0.3) is 0 Å².